The maximum atomic E-state index is 13.1. The van der Waals surface area contributed by atoms with Crippen LogP contribution in [-0.2, 0) is 14.3 Å². The topological polar surface area (TPSA) is 101 Å². The van der Waals surface area contributed by atoms with Crippen LogP contribution in [0.2, 0.25) is 5.02 Å². The van der Waals surface area contributed by atoms with Gasteiger partial charge in [0.2, 0.25) is 0 Å². The summed E-state index contributed by atoms with van der Waals surface area (Å²) in [5.74, 6) is -1.04. The van der Waals surface area contributed by atoms with Crippen molar-refractivity contribution >= 4 is 35.3 Å². The number of carbonyl (C=O) groups excluding carboxylic acids is 3. The minimum Gasteiger partial charge on any atom is -0.463 e. The highest BCUT2D eigenvalue weighted by atomic mass is 35.5. The van der Waals surface area contributed by atoms with Gasteiger partial charge in [-0.1, -0.05) is 23.7 Å². The first-order valence-corrected chi connectivity index (χ1v) is 10.7. The molecule has 1 aliphatic heterocycles. The Morgan fingerprint density at radius 3 is 2.25 bits per heavy atom. The first-order valence-electron chi connectivity index (χ1n) is 10.3. The average Bonchev–Trinajstić information content (AvgIpc) is 3.04. The number of halogens is 1. The summed E-state index contributed by atoms with van der Waals surface area (Å²) in [7, 11) is 1.56. The molecule has 170 valence electrons. The number of ether oxygens (including phenoxy) is 2. The van der Waals surface area contributed by atoms with Gasteiger partial charge in [0.1, 0.15) is 0 Å². The molecular formula is C23H26ClN3O5. The van der Waals surface area contributed by atoms with Crippen LogP contribution in [0.25, 0.3) is 5.70 Å². The molecule has 0 spiro atoms. The van der Waals surface area contributed by atoms with E-state index in [1.807, 2.05) is 0 Å². The van der Waals surface area contributed by atoms with Gasteiger partial charge in [0.25, 0.3) is 0 Å². The van der Waals surface area contributed by atoms with E-state index in [-0.39, 0.29) is 18.8 Å². The molecule has 1 aromatic heterocycles. The Labute approximate surface area is 191 Å². The lowest BCUT2D eigenvalue weighted by molar-refractivity contribution is -0.138. The van der Waals surface area contributed by atoms with E-state index >= 15 is 0 Å². The SMILES string of the molecule is CCOC(=O)C1=C(c2[nH]c(C)c(C(=O)OCC)c2C)N(C)C(=O)N[C@H]1c1ccc(Cl)cc1. The number of hydrogen-bond acceptors (Lipinski definition) is 5. The molecule has 2 heterocycles. The number of aromatic nitrogens is 1. The van der Waals surface area contributed by atoms with Crippen LogP contribution in [-0.4, -0.2) is 48.1 Å². The second-order valence-corrected chi connectivity index (χ2v) is 7.76. The number of carbonyl (C=O) groups is 3. The van der Waals surface area contributed by atoms with Crippen molar-refractivity contribution in [1.29, 1.82) is 0 Å². The van der Waals surface area contributed by atoms with Crippen LogP contribution in [0.4, 0.5) is 4.79 Å². The first kappa shape index (κ1) is 23.4. The van der Waals surface area contributed by atoms with Crippen molar-refractivity contribution in [2.75, 3.05) is 20.3 Å². The monoisotopic (exact) mass is 459 g/mol. The molecule has 2 aromatic rings. The van der Waals surface area contributed by atoms with Crippen molar-refractivity contribution < 1.29 is 23.9 Å². The smallest absolute Gasteiger partial charge is 0.340 e. The number of urea groups is 1. The minimum atomic E-state index is -0.765. The normalized spacial score (nSPS) is 16.1. The highest BCUT2D eigenvalue weighted by Crippen LogP contribution is 2.38. The molecule has 0 radical (unpaired) electrons. The number of H-pyrrole nitrogens is 1. The fourth-order valence-corrected chi connectivity index (χ4v) is 3.96. The standard InChI is InChI=1S/C23H26ClN3O5/c1-6-31-21(28)16-12(3)18(25-13(16)4)20-17(22(29)32-7-2)19(26-23(30)27(20)5)14-8-10-15(24)11-9-14/h8-11,19,25H,6-7H2,1-5H3,(H,26,30)/t19-/m0/s1. The minimum absolute atomic E-state index is 0.164. The van der Waals surface area contributed by atoms with Crippen molar-refractivity contribution in [3.63, 3.8) is 0 Å². The van der Waals surface area contributed by atoms with E-state index in [4.69, 9.17) is 21.1 Å². The number of nitrogens with zero attached hydrogens (tertiary/aromatic N) is 1. The molecule has 8 nitrogen and oxygen atoms in total. The lowest BCUT2D eigenvalue weighted by Crippen LogP contribution is -2.46. The number of aromatic amines is 1. The van der Waals surface area contributed by atoms with Crippen LogP contribution in [0.15, 0.2) is 29.8 Å². The Hall–Kier alpha value is -3.26. The highest BCUT2D eigenvalue weighted by Gasteiger charge is 2.39. The molecule has 2 amide bonds. The Morgan fingerprint density at radius 2 is 1.66 bits per heavy atom. The fourth-order valence-electron chi connectivity index (χ4n) is 3.84. The quantitative estimate of drug-likeness (QED) is 0.632. The fraction of sp³-hybridized carbons (Fsp3) is 0.348. The van der Waals surface area contributed by atoms with E-state index in [1.165, 1.54) is 4.90 Å². The van der Waals surface area contributed by atoms with Gasteiger partial charge in [-0.15, -0.1) is 0 Å². The summed E-state index contributed by atoms with van der Waals surface area (Å²) in [4.78, 5) is 43.0. The molecule has 1 aliphatic rings. The number of aryl methyl sites for hydroxylation is 1. The van der Waals surface area contributed by atoms with Gasteiger partial charge in [-0.2, -0.15) is 0 Å². The van der Waals surface area contributed by atoms with Crippen LogP contribution in [0.3, 0.4) is 0 Å². The lowest BCUT2D eigenvalue weighted by atomic mass is 9.92. The van der Waals surface area contributed by atoms with Gasteiger partial charge >= 0.3 is 18.0 Å². The van der Waals surface area contributed by atoms with Gasteiger partial charge in [0.05, 0.1) is 41.8 Å². The molecule has 3 rings (SSSR count). The molecule has 0 saturated heterocycles. The summed E-state index contributed by atoms with van der Waals surface area (Å²) >= 11 is 6.02. The molecule has 0 aliphatic carbocycles. The maximum Gasteiger partial charge on any atom is 0.340 e. The summed E-state index contributed by atoms with van der Waals surface area (Å²) in [5.41, 5.74) is 3.26. The van der Waals surface area contributed by atoms with Gasteiger partial charge in [0.15, 0.2) is 0 Å². The predicted octanol–water partition coefficient (Wildman–Crippen LogP) is 4.13. The van der Waals surface area contributed by atoms with Gasteiger partial charge < -0.3 is 19.8 Å². The third-order valence-corrected chi connectivity index (χ3v) is 5.56. The zero-order valence-electron chi connectivity index (χ0n) is 18.7. The van der Waals surface area contributed by atoms with Gasteiger partial charge in [-0.25, -0.2) is 14.4 Å². The lowest BCUT2D eigenvalue weighted by Gasteiger charge is -2.34. The van der Waals surface area contributed by atoms with Crippen LogP contribution in [0.1, 0.15) is 52.8 Å². The van der Waals surface area contributed by atoms with Crippen molar-refractivity contribution in [3.05, 3.63) is 62.9 Å². The third-order valence-electron chi connectivity index (χ3n) is 5.30. The van der Waals surface area contributed by atoms with Crippen molar-refractivity contribution in [1.82, 2.24) is 15.2 Å². The summed E-state index contributed by atoms with van der Waals surface area (Å²) in [6.45, 7) is 7.33. The molecule has 0 saturated carbocycles. The van der Waals surface area contributed by atoms with Gasteiger partial charge in [0, 0.05) is 17.8 Å². The molecule has 0 fully saturated rings. The molecule has 1 atom stereocenters. The van der Waals surface area contributed by atoms with E-state index in [0.29, 0.717) is 38.8 Å². The second-order valence-electron chi connectivity index (χ2n) is 7.32. The van der Waals surface area contributed by atoms with Crippen LogP contribution in [0, 0.1) is 13.8 Å². The van der Waals surface area contributed by atoms with Crippen LogP contribution < -0.4 is 5.32 Å². The number of nitrogens with one attached hydrogen (secondary N) is 2. The predicted molar refractivity (Wildman–Crippen MR) is 120 cm³/mol. The van der Waals surface area contributed by atoms with E-state index in [0.717, 1.165) is 0 Å². The molecule has 0 unspecified atom stereocenters. The summed E-state index contributed by atoms with van der Waals surface area (Å²) < 4.78 is 10.5. The van der Waals surface area contributed by atoms with Crippen LogP contribution >= 0.6 is 11.6 Å². The number of amides is 2. The van der Waals surface area contributed by atoms with Crippen molar-refractivity contribution in [2.45, 2.75) is 33.7 Å². The van der Waals surface area contributed by atoms with Crippen LogP contribution in [0.5, 0.6) is 0 Å². The third kappa shape index (κ3) is 4.23. The second kappa shape index (κ2) is 9.48. The molecular weight excluding hydrogens is 434 g/mol. The molecule has 1 aromatic carbocycles. The number of hydrogen-bond donors (Lipinski definition) is 2. The average molecular weight is 460 g/mol. The molecule has 9 heteroatoms. The van der Waals surface area contributed by atoms with E-state index in [9.17, 15) is 14.4 Å². The maximum absolute atomic E-state index is 13.1. The zero-order chi connectivity index (χ0) is 23.6. The molecule has 2 N–H and O–H groups in total. The highest BCUT2D eigenvalue weighted by molar-refractivity contribution is 6.30. The van der Waals surface area contributed by atoms with E-state index in [1.54, 1.807) is 59.0 Å². The zero-order valence-corrected chi connectivity index (χ0v) is 19.4. The molecule has 32 heavy (non-hydrogen) atoms. The summed E-state index contributed by atoms with van der Waals surface area (Å²) in [6.07, 6.45) is 0. The van der Waals surface area contributed by atoms with E-state index < -0.39 is 24.0 Å². The molecule has 0 bridgehead atoms. The first-order chi connectivity index (χ1) is 15.2. The Kier molecular flexibility index (Phi) is 6.93. The van der Waals surface area contributed by atoms with Crippen molar-refractivity contribution in [3.8, 4) is 0 Å². The number of esters is 2. The largest absolute Gasteiger partial charge is 0.463 e. The van der Waals surface area contributed by atoms with Gasteiger partial charge in [-0.05, 0) is 51.0 Å². The Morgan fingerprint density at radius 1 is 1.06 bits per heavy atom. The van der Waals surface area contributed by atoms with E-state index in [2.05, 4.69) is 10.3 Å². The number of rotatable bonds is 6. The number of benzene rings is 1. The van der Waals surface area contributed by atoms with Gasteiger partial charge in [-0.3, -0.25) is 4.90 Å². The van der Waals surface area contributed by atoms with Crippen molar-refractivity contribution in [2.24, 2.45) is 0 Å². The Bertz CT molecular complexity index is 1090. The summed E-state index contributed by atoms with van der Waals surface area (Å²) in [6, 6.07) is 5.69. The Balaban J connectivity index is 2.28. The summed E-state index contributed by atoms with van der Waals surface area (Å²) in [5, 5.41) is 3.39.